The highest BCUT2D eigenvalue weighted by molar-refractivity contribution is 5.50. The number of nitrogens with two attached hydrogens (primary N) is 1. The summed E-state index contributed by atoms with van der Waals surface area (Å²) in [6.45, 7) is 6.03. The molecule has 0 aliphatic rings. The van der Waals surface area contributed by atoms with Gasteiger partial charge in [-0.1, -0.05) is 6.07 Å². The van der Waals surface area contributed by atoms with Gasteiger partial charge >= 0.3 is 0 Å². The van der Waals surface area contributed by atoms with Gasteiger partial charge in [-0.2, -0.15) is 0 Å². The highest BCUT2D eigenvalue weighted by Crippen LogP contribution is 2.22. The molecule has 108 valence electrons. The van der Waals surface area contributed by atoms with Crippen LogP contribution in [0.2, 0.25) is 0 Å². The Labute approximate surface area is 116 Å². The van der Waals surface area contributed by atoms with Gasteiger partial charge in [0.1, 0.15) is 5.75 Å². The largest absolute Gasteiger partial charge is 0.497 e. The van der Waals surface area contributed by atoms with Crippen LogP contribution in [0.25, 0.3) is 0 Å². The number of rotatable bonds is 8. The summed E-state index contributed by atoms with van der Waals surface area (Å²) in [6, 6.07) is 7.98. The maximum atomic E-state index is 9.86. The monoisotopic (exact) mass is 266 g/mol. The van der Waals surface area contributed by atoms with Crippen molar-refractivity contribution in [2.75, 3.05) is 31.6 Å². The number of nitrogens with zero attached hydrogens (tertiary/aromatic N) is 1. The highest BCUT2D eigenvalue weighted by Gasteiger charge is 2.15. The van der Waals surface area contributed by atoms with E-state index in [1.54, 1.807) is 7.11 Å². The summed E-state index contributed by atoms with van der Waals surface area (Å²) in [6.07, 6.45) is 1.65. The molecule has 0 amide bonds. The molecule has 0 radical (unpaired) electrons. The normalized spacial score (nSPS) is 11.4. The molecule has 3 N–H and O–H groups in total. The third-order valence-electron chi connectivity index (χ3n) is 3.04. The third-order valence-corrected chi connectivity index (χ3v) is 3.04. The quantitative estimate of drug-likeness (QED) is 0.755. The molecule has 0 aliphatic heterocycles. The fourth-order valence-corrected chi connectivity index (χ4v) is 1.87. The smallest absolute Gasteiger partial charge is 0.120 e. The zero-order chi connectivity index (χ0) is 14.3. The molecule has 0 heterocycles. The lowest BCUT2D eigenvalue weighted by Gasteiger charge is -2.28. The van der Waals surface area contributed by atoms with Crippen molar-refractivity contribution in [2.24, 2.45) is 5.73 Å². The predicted molar refractivity (Wildman–Crippen MR) is 79.8 cm³/mol. The van der Waals surface area contributed by atoms with Crippen LogP contribution >= 0.6 is 0 Å². The van der Waals surface area contributed by atoms with Crippen molar-refractivity contribution in [3.8, 4) is 5.75 Å². The maximum absolute atomic E-state index is 9.86. The summed E-state index contributed by atoms with van der Waals surface area (Å²) in [4.78, 5) is 2.24. The molecule has 1 aromatic rings. The highest BCUT2D eigenvalue weighted by atomic mass is 16.5. The van der Waals surface area contributed by atoms with Crippen LogP contribution in [0.15, 0.2) is 24.3 Å². The van der Waals surface area contributed by atoms with Crippen LogP contribution in [0.5, 0.6) is 5.75 Å². The van der Waals surface area contributed by atoms with Crippen LogP contribution in [-0.4, -0.2) is 37.5 Å². The molecule has 0 spiro atoms. The number of benzene rings is 1. The van der Waals surface area contributed by atoms with Gasteiger partial charge in [0, 0.05) is 24.8 Å². The number of hydrogen-bond acceptors (Lipinski definition) is 4. The molecule has 4 nitrogen and oxygen atoms in total. The minimum absolute atomic E-state index is 0.653. The van der Waals surface area contributed by atoms with Gasteiger partial charge in [-0.15, -0.1) is 0 Å². The predicted octanol–water partition coefficient (Wildman–Crippen LogP) is 2.01. The summed E-state index contributed by atoms with van der Waals surface area (Å²) in [7, 11) is 1.67. The average Bonchev–Trinajstić information content (AvgIpc) is 2.38. The Morgan fingerprint density at radius 3 is 2.63 bits per heavy atom. The van der Waals surface area contributed by atoms with E-state index in [-0.39, 0.29) is 0 Å². The zero-order valence-corrected chi connectivity index (χ0v) is 12.2. The first-order valence-electron chi connectivity index (χ1n) is 6.78. The van der Waals surface area contributed by atoms with Crippen molar-refractivity contribution in [3.63, 3.8) is 0 Å². The van der Waals surface area contributed by atoms with Crippen molar-refractivity contribution in [1.82, 2.24) is 0 Å². The number of aliphatic hydroxyl groups is 1. The lowest BCUT2D eigenvalue weighted by atomic mass is 10.1. The van der Waals surface area contributed by atoms with Crippen LogP contribution in [-0.2, 0) is 0 Å². The SMILES string of the molecule is COc1cccc(N(CCCN)CCC(C)(C)O)c1. The molecular weight excluding hydrogens is 240 g/mol. The summed E-state index contributed by atoms with van der Waals surface area (Å²) in [5.41, 5.74) is 6.05. The fourth-order valence-electron chi connectivity index (χ4n) is 1.87. The minimum atomic E-state index is -0.653. The van der Waals surface area contributed by atoms with Gasteiger partial charge in [-0.25, -0.2) is 0 Å². The van der Waals surface area contributed by atoms with Crippen molar-refractivity contribution >= 4 is 5.69 Å². The van der Waals surface area contributed by atoms with Crippen molar-refractivity contribution in [1.29, 1.82) is 0 Å². The number of hydrogen-bond donors (Lipinski definition) is 2. The number of ether oxygens (including phenoxy) is 1. The molecule has 0 saturated heterocycles. The lowest BCUT2D eigenvalue weighted by molar-refractivity contribution is 0.0731. The van der Waals surface area contributed by atoms with E-state index in [1.165, 1.54) is 0 Å². The lowest BCUT2D eigenvalue weighted by Crippen LogP contribution is -2.32. The third kappa shape index (κ3) is 5.94. The van der Waals surface area contributed by atoms with Gasteiger partial charge in [-0.05, 0) is 45.4 Å². The van der Waals surface area contributed by atoms with Gasteiger partial charge < -0.3 is 20.5 Å². The number of methoxy groups -OCH3 is 1. The summed E-state index contributed by atoms with van der Waals surface area (Å²) in [5.74, 6) is 0.846. The van der Waals surface area contributed by atoms with E-state index in [1.807, 2.05) is 32.0 Å². The summed E-state index contributed by atoms with van der Waals surface area (Å²) >= 11 is 0. The minimum Gasteiger partial charge on any atom is -0.497 e. The molecule has 0 fully saturated rings. The van der Waals surface area contributed by atoms with E-state index in [0.717, 1.165) is 37.4 Å². The zero-order valence-electron chi connectivity index (χ0n) is 12.2. The van der Waals surface area contributed by atoms with Crippen molar-refractivity contribution in [2.45, 2.75) is 32.3 Å². The van der Waals surface area contributed by atoms with Gasteiger partial charge in [0.25, 0.3) is 0 Å². The standard InChI is InChI=1S/C15H26N2O2/c1-15(2,18)8-11-17(10-5-9-16)13-6-4-7-14(12-13)19-3/h4,6-7,12,18H,5,8-11,16H2,1-3H3. The van der Waals surface area contributed by atoms with E-state index in [2.05, 4.69) is 11.0 Å². The van der Waals surface area contributed by atoms with Gasteiger partial charge in [0.15, 0.2) is 0 Å². The van der Waals surface area contributed by atoms with E-state index in [0.29, 0.717) is 6.54 Å². The Balaban J connectivity index is 2.76. The molecule has 19 heavy (non-hydrogen) atoms. The Kier molecular flexibility index (Phi) is 6.12. The molecule has 4 heteroatoms. The first-order valence-corrected chi connectivity index (χ1v) is 6.78. The Morgan fingerprint density at radius 1 is 1.32 bits per heavy atom. The van der Waals surface area contributed by atoms with E-state index in [9.17, 15) is 5.11 Å². The summed E-state index contributed by atoms with van der Waals surface area (Å²) in [5, 5.41) is 9.86. The molecular formula is C15H26N2O2. The van der Waals surface area contributed by atoms with Crippen LogP contribution in [0.4, 0.5) is 5.69 Å². The first kappa shape index (κ1) is 15.8. The second-order valence-corrected chi connectivity index (χ2v) is 5.39. The molecule has 0 unspecified atom stereocenters. The molecule has 0 saturated carbocycles. The average molecular weight is 266 g/mol. The topological polar surface area (TPSA) is 58.7 Å². The molecule has 0 atom stereocenters. The van der Waals surface area contributed by atoms with E-state index in [4.69, 9.17) is 10.5 Å². The second-order valence-electron chi connectivity index (χ2n) is 5.39. The van der Waals surface area contributed by atoms with Crippen molar-refractivity contribution < 1.29 is 9.84 Å². The molecule has 0 aliphatic carbocycles. The Hall–Kier alpha value is -1.26. The van der Waals surface area contributed by atoms with Crippen LogP contribution in [0.3, 0.4) is 0 Å². The van der Waals surface area contributed by atoms with Gasteiger partial charge in [-0.3, -0.25) is 0 Å². The Bertz CT molecular complexity index is 375. The van der Waals surface area contributed by atoms with Crippen LogP contribution < -0.4 is 15.4 Å². The van der Waals surface area contributed by atoms with E-state index < -0.39 is 5.60 Å². The van der Waals surface area contributed by atoms with Crippen LogP contribution in [0, 0.1) is 0 Å². The first-order chi connectivity index (χ1) is 8.96. The second kappa shape index (κ2) is 7.36. The molecule has 0 bridgehead atoms. The van der Waals surface area contributed by atoms with Gasteiger partial charge in [0.05, 0.1) is 12.7 Å². The summed E-state index contributed by atoms with van der Waals surface area (Å²) < 4.78 is 5.25. The maximum Gasteiger partial charge on any atom is 0.120 e. The van der Waals surface area contributed by atoms with Crippen LogP contribution in [0.1, 0.15) is 26.7 Å². The van der Waals surface area contributed by atoms with E-state index >= 15 is 0 Å². The molecule has 0 aromatic heterocycles. The Morgan fingerprint density at radius 2 is 2.05 bits per heavy atom. The number of anilines is 1. The van der Waals surface area contributed by atoms with Crippen molar-refractivity contribution in [3.05, 3.63) is 24.3 Å². The fraction of sp³-hybridized carbons (Fsp3) is 0.600. The molecule has 1 aromatic carbocycles. The molecule has 1 rings (SSSR count). The van der Waals surface area contributed by atoms with Gasteiger partial charge in [0.2, 0.25) is 0 Å².